The zero-order valence-electron chi connectivity index (χ0n) is 12.7. The Morgan fingerprint density at radius 1 is 1.23 bits per heavy atom. The first-order valence-electron chi connectivity index (χ1n) is 7.38. The third kappa shape index (κ3) is 1.85. The molecule has 22 heavy (non-hydrogen) atoms. The van der Waals surface area contributed by atoms with Crippen LogP contribution in [0.1, 0.15) is 24.3 Å². The summed E-state index contributed by atoms with van der Waals surface area (Å²) in [5, 5.41) is 10.1. The Morgan fingerprint density at radius 2 is 2.09 bits per heavy atom. The third-order valence-corrected chi connectivity index (χ3v) is 4.93. The van der Waals surface area contributed by atoms with Crippen LogP contribution >= 0.6 is 11.3 Å². The van der Waals surface area contributed by atoms with Crippen molar-refractivity contribution in [2.75, 3.05) is 0 Å². The van der Waals surface area contributed by atoms with Crippen molar-refractivity contribution < 1.29 is 0 Å². The van der Waals surface area contributed by atoms with E-state index in [-0.39, 0.29) is 0 Å². The summed E-state index contributed by atoms with van der Waals surface area (Å²) in [6, 6.07) is 1.95. The van der Waals surface area contributed by atoms with Gasteiger partial charge < -0.3 is 0 Å². The van der Waals surface area contributed by atoms with E-state index in [1.807, 2.05) is 16.9 Å². The van der Waals surface area contributed by atoms with Crippen LogP contribution in [0.4, 0.5) is 0 Å². The molecule has 0 bridgehead atoms. The molecule has 4 aromatic rings. The van der Waals surface area contributed by atoms with E-state index in [1.165, 1.54) is 10.4 Å². The molecule has 6 nitrogen and oxygen atoms in total. The van der Waals surface area contributed by atoms with E-state index in [2.05, 4.69) is 36.0 Å². The summed E-state index contributed by atoms with van der Waals surface area (Å²) in [5.41, 5.74) is 2.98. The van der Waals surface area contributed by atoms with Crippen molar-refractivity contribution in [1.82, 2.24) is 29.4 Å². The molecule has 7 heteroatoms. The monoisotopic (exact) mass is 312 g/mol. The minimum absolute atomic E-state index is 0.646. The van der Waals surface area contributed by atoms with Crippen LogP contribution in [0.3, 0.4) is 0 Å². The van der Waals surface area contributed by atoms with E-state index in [0.717, 1.165) is 34.5 Å². The average Bonchev–Trinajstić information content (AvgIpc) is 3.21. The maximum Gasteiger partial charge on any atom is 0.202 e. The van der Waals surface area contributed by atoms with Gasteiger partial charge in [-0.1, -0.05) is 6.92 Å². The van der Waals surface area contributed by atoms with Crippen LogP contribution in [0.2, 0.25) is 0 Å². The van der Waals surface area contributed by atoms with E-state index in [0.29, 0.717) is 5.82 Å². The van der Waals surface area contributed by atoms with Crippen molar-refractivity contribution in [2.24, 2.45) is 0 Å². The molecule has 4 heterocycles. The molecular formula is C15H16N6S. The van der Waals surface area contributed by atoms with Crippen LogP contribution < -0.4 is 0 Å². The summed E-state index contributed by atoms with van der Waals surface area (Å²) in [4.78, 5) is 11.6. The highest BCUT2D eigenvalue weighted by molar-refractivity contribution is 7.18. The molecule has 0 unspecified atom stereocenters. The van der Waals surface area contributed by atoms with Gasteiger partial charge in [-0.15, -0.1) is 16.4 Å². The first-order valence-corrected chi connectivity index (χ1v) is 8.20. The number of aromatic nitrogens is 6. The van der Waals surface area contributed by atoms with Gasteiger partial charge in [0.25, 0.3) is 0 Å². The molecule has 0 radical (unpaired) electrons. The van der Waals surface area contributed by atoms with E-state index in [1.54, 1.807) is 22.2 Å². The van der Waals surface area contributed by atoms with Crippen LogP contribution in [0.15, 0.2) is 18.6 Å². The lowest BCUT2D eigenvalue weighted by atomic mass is 10.1. The van der Waals surface area contributed by atoms with Crippen LogP contribution in [0, 0.1) is 6.92 Å². The molecule has 0 saturated carbocycles. The maximum atomic E-state index is 4.72. The van der Waals surface area contributed by atoms with Gasteiger partial charge in [-0.25, -0.2) is 14.5 Å². The number of rotatable bonds is 3. The minimum Gasteiger partial charge on any atom is -0.272 e. The Bertz CT molecular complexity index is 977. The number of fused-ring (bicyclic) bond motifs is 3. The number of thiophene rings is 1. The smallest absolute Gasteiger partial charge is 0.202 e. The molecular weight excluding hydrogens is 296 g/mol. The Kier molecular flexibility index (Phi) is 2.97. The molecule has 0 aromatic carbocycles. The predicted molar refractivity (Wildman–Crippen MR) is 87.2 cm³/mol. The molecule has 0 aliphatic heterocycles. The fraction of sp³-hybridized carbons (Fsp3) is 0.333. The second-order valence-corrected chi connectivity index (χ2v) is 6.38. The van der Waals surface area contributed by atoms with E-state index in [9.17, 15) is 0 Å². The number of hydrogen-bond donors (Lipinski definition) is 0. The number of aryl methyl sites for hydroxylation is 3. The van der Waals surface area contributed by atoms with E-state index >= 15 is 0 Å². The van der Waals surface area contributed by atoms with Gasteiger partial charge in [-0.3, -0.25) is 4.68 Å². The van der Waals surface area contributed by atoms with Gasteiger partial charge in [-0.2, -0.15) is 5.10 Å². The molecule has 0 saturated heterocycles. The lowest BCUT2D eigenvalue weighted by Gasteiger charge is -1.96. The summed E-state index contributed by atoms with van der Waals surface area (Å²) in [7, 11) is 0. The quantitative estimate of drug-likeness (QED) is 0.583. The second-order valence-electron chi connectivity index (χ2n) is 5.18. The lowest BCUT2D eigenvalue weighted by molar-refractivity contribution is 0.661. The van der Waals surface area contributed by atoms with Crippen LogP contribution in [0.25, 0.3) is 27.4 Å². The first-order chi connectivity index (χ1) is 10.7. The fourth-order valence-electron chi connectivity index (χ4n) is 2.76. The first kappa shape index (κ1) is 13.4. The number of hydrogen-bond acceptors (Lipinski definition) is 5. The zero-order valence-corrected chi connectivity index (χ0v) is 13.6. The van der Waals surface area contributed by atoms with Crippen LogP contribution in [0.5, 0.6) is 0 Å². The zero-order chi connectivity index (χ0) is 15.3. The van der Waals surface area contributed by atoms with Gasteiger partial charge in [-0.05, 0) is 31.9 Å². The van der Waals surface area contributed by atoms with Crippen molar-refractivity contribution in [1.29, 1.82) is 0 Å². The van der Waals surface area contributed by atoms with Crippen LogP contribution in [-0.4, -0.2) is 29.4 Å². The highest BCUT2D eigenvalue weighted by Gasteiger charge is 2.17. The Morgan fingerprint density at radius 3 is 2.82 bits per heavy atom. The van der Waals surface area contributed by atoms with E-state index < -0.39 is 0 Å². The largest absolute Gasteiger partial charge is 0.272 e. The topological polar surface area (TPSA) is 60.9 Å². The predicted octanol–water partition coefficient (Wildman–Crippen LogP) is 3.09. The summed E-state index contributed by atoms with van der Waals surface area (Å²) < 4.78 is 3.63. The number of nitrogens with zero attached hydrogens (tertiary/aromatic N) is 6. The van der Waals surface area contributed by atoms with Crippen molar-refractivity contribution in [2.45, 2.75) is 33.7 Å². The molecule has 0 fully saturated rings. The van der Waals surface area contributed by atoms with Gasteiger partial charge in [0.1, 0.15) is 16.9 Å². The van der Waals surface area contributed by atoms with Gasteiger partial charge in [0.15, 0.2) is 5.65 Å². The SMILES string of the molecule is CCc1c(C)sc2ncn3nc(-c4ccn(CC)n4)nc3c12. The Labute approximate surface area is 131 Å². The molecule has 0 N–H and O–H groups in total. The Hall–Kier alpha value is -2.28. The van der Waals surface area contributed by atoms with Crippen molar-refractivity contribution in [3.63, 3.8) is 0 Å². The van der Waals surface area contributed by atoms with Gasteiger partial charge in [0.05, 0.1) is 5.39 Å². The summed E-state index contributed by atoms with van der Waals surface area (Å²) in [6.07, 6.45) is 4.65. The summed E-state index contributed by atoms with van der Waals surface area (Å²) >= 11 is 1.72. The van der Waals surface area contributed by atoms with E-state index in [4.69, 9.17) is 4.98 Å². The molecule has 4 rings (SSSR count). The highest BCUT2D eigenvalue weighted by Crippen LogP contribution is 2.32. The molecule has 4 aromatic heterocycles. The Balaban J connectivity index is 1.98. The van der Waals surface area contributed by atoms with Gasteiger partial charge >= 0.3 is 0 Å². The standard InChI is InChI=1S/C15H16N6S/c1-4-10-9(3)22-15-12(10)14-17-13(19-21(14)8-16-15)11-6-7-20(5-2)18-11/h6-8H,4-5H2,1-3H3. The van der Waals surface area contributed by atoms with Gasteiger partial charge in [0, 0.05) is 17.6 Å². The molecule has 0 amide bonds. The minimum atomic E-state index is 0.646. The molecule has 0 aliphatic rings. The summed E-state index contributed by atoms with van der Waals surface area (Å²) in [6.45, 7) is 7.20. The van der Waals surface area contributed by atoms with Crippen LogP contribution in [-0.2, 0) is 13.0 Å². The fourth-order valence-corrected chi connectivity index (χ4v) is 3.83. The lowest BCUT2D eigenvalue weighted by Crippen LogP contribution is -1.94. The highest BCUT2D eigenvalue weighted by atomic mass is 32.1. The van der Waals surface area contributed by atoms with Crippen molar-refractivity contribution >= 4 is 27.2 Å². The molecule has 0 spiro atoms. The van der Waals surface area contributed by atoms with Crippen molar-refractivity contribution in [3.8, 4) is 11.5 Å². The van der Waals surface area contributed by atoms with Crippen molar-refractivity contribution in [3.05, 3.63) is 29.0 Å². The summed E-state index contributed by atoms with van der Waals surface area (Å²) in [5.74, 6) is 0.646. The molecule has 0 aliphatic carbocycles. The molecule has 112 valence electrons. The third-order valence-electron chi connectivity index (χ3n) is 3.88. The maximum absolute atomic E-state index is 4.72. The second kappa shape index (κ2) is 4.88. The van der Waals surface area contributed by atoms with Gasteiger partial charge in [0.2, 0.25) is 5.82 Å². The average molecular weight is 312 g/mol. The normalized spacial score (nSPS) is 11.8. The molecule has 0 atom stereocenters.